The lowest BCUT2D eigenvalue weighted by Gasteiger charge is -2.32. The topological polar surface area (TPSA) is 29.9 Å². The van der Waals surface area contributed by atoms with Crippen LogP contribution < -0.4 is 5.32 Å². The molecule has 1 aromatic rings. The largest absolute Gasteiger partial charge is 0.306 e. The van der Waals surface area contributed by atoms with Crippen LogP contribution in [-0.2, 0) is 12.1 Å². The molecular weight excluding hydrogens is 278 g/mol. The van der Waals surface area contributed by atoms with Crippen molar-refractivity contribution in [2.24, 2.45) is 5.92 Å². The third-order valence-electron chi connectivity index (χ3n) is 3.55. The zero-order chi connectivity index (χ0) is 12.5. The molecule has 1 aliphatic heterocycles. The zero-order valence-electron chi connectivity index (χ0n) is 11.0. The fraction of sp³-hybridized carbons (Fsp3) is 0.769. The number of aromatic nitrogens is 2. The van der Waals surface area contributed by atoms with Gasteiger partial charge in [0, 0.05) is 6.54 Å². The highest BCUT2D eigenvalue weighted by molar-refractivity contribution is 9.10. The molecule has 0 bridgehead atoms. The first-order valence-electron chi connectivity index (χ1n) is 6.56. The maximum Gasteiger partial charge on any atom is 0.0727 e. The molecule has 1 N–H and O–H groups in total. The number of rotatable bonds is 4. The van der Waals surface area contributed by atoms with Crippen molar-refractivity contribution in [1.29, 1.82) is 0 Å². The van der Waals surface area contributed by atoms with Gasteiger partial charge in [-0.2, -0.15) is 5.10 Å². The van der Waals surface area contributed by atoms with Gasteiger partial charge in [-0.1, -0.05) is 13.8 Å². The van der Waals surface area contributed by atoms with Crippen LogP contribution in [0.4, 0.5) is 0 Å². The monoisotopic (exact) mass is 299 g/mol. The lowest BCUT2D eigenvalue weighted by molar-refractivity contribution is 0.287. The van der Waals surface area contributed by atoms with E-state index >= 15 is 0 Å². The highest BCUT2D eigenvalue weighted by Gasteiger charge is 2.39. The van der Waals surface area contributed by atoms with Crippen molar-refractivity contribution in [3.63, 3.8) is 0 Å². The van der Waals surface area contributed by atoms with Crippen molar-refractivity contribution >= 4 is 15.9 Å². The Hall–Kier alpha value is -0.350. The lowest BCUT2D eigenvalue weighted by atomic mass is 9.84. The Labute approximate surface area is 112 Å². The smallest absolute Gasteiger partial charge is 0.0727 e. The average molecular weight is 300 g/mol. The maximum absolute atomic E-state index is 4.46. The molecule has 1 fully saturated rings. The Morgan fingerprint density at radius 2 is 2.35 bits per heavy atom. The zero-order valence-corrected chi connectivity index (χ0v) is 12.5. The van der Waals surface area contributed by atoms with E-state index in [4.69, 9.17) is 0 Å². The van der Waals surface area contributed by atoms with Gasteiger partial charge >= 0.3 is 0 Å². The average Bonchev–Trinajstić information content (AvgIpc) is 2.84. The van der Waals surface area contributed by atoms with E-state index in [2.05, 4.69) is 51.8 Å². The highest BCUT2D eigenvalue weighted by Crippen LogP contribution is 2.40. The molecule has 1 aliphatic rings. The Kier molecular flexibility index (Phi) is 3.93. The van der Waals surface area contributed by atoms with Crippen molar-refractivity contribution < 1.29 is 0 Å². The molecule has 1 atom stereocenters. The summed E-state index contributed by atoms with van der Waals surface area (Å²) >= 11 is 3.67. The summed E-state index contributed by atoms with van der Waals surface area (Å²) in [5.41, 5.74) is 1.46. The molecule has 96 valence electrons. The predicted octanol–water partition coefficient (Wildman–Crippen LogP) is 3.29. The van der Waals surface area contributed by atoms with Gasteiger partial charge in [0.25, 0.3) is 0 Å². The molecule has 0 amide bonds. The van der Waals surface area contributed by atoms with Gasteiger partial charge in [-0.25, -0.2) is 0 Å². The summed E-state index contributed by atoms with van der Waals surface area (Å²) in [5, 5.41) is 8.19. The molecule has 0 saturated carbocycles. The molecule has 1 aromatic heterocycles. The summed E-state index contributed by atoms with van der Waals surface area (Å²) in [6.45, 7) is 8.79. The van der Waals surface area contributed by atoms with E-state index in [1.54, 1.807) is 0 Å². The van der Waals surface area contributed by atoms with Crippen LogP contribution >= 0.6 is 15.9 Å². The molecule has 1 unspecified atom stereocenters. The second-order valence-electron chi connectivity index (χ2n) is 5.37. The Morgan fingerprint density at radius 3 is 2.88 bits per heavy atom. The molecule has 0 aliphatic carbocycles. The van der Waals surface area contributed by atoms with E-state index in [0.717, 1.165) is 17.6 Å². The van der Waals surface area contributed by atoms with Crippen molar-refractivity contribution in [3.05, 3.63) is 16.4 Å². The summed E-state index contributed by atoms with van der Waals surface area (Å²) in [4.78, 5) is 0. The van der Waals surface area contributed by atoms with Gasteiger partial charge < -0.3 is 5.32 Å². The van der Waals surface area contributed by atoms with Crippen molar-refractivity contribution in [1.82, 2.24) is 15.1 Å². The summed E-state index contributed by atoms with van der Waals surface area (Å²) in [7, 11) is 0. The number of hydrogen-bond acceptors (Lipinski definition) is 2. The second-order valence-corrected chi connectivity index (χ2v) is 6.22. The molecule has 4 heteroatoms. The van der Waals surface area contributed by atoms with Crippen LogP contribution in [-0.4, -0.2) is 16.3 Å². The van der Waals surface area contributed by atoms with Gasteiger partial charge in [-0.05, 0) is 54.6 Å². The van der Waals surface area contributed by atoms with Gasteiger partial charge in [0.2, 0.25) is 0 Å². The minimum atomic E-state index is 0.125. The third-order valence-corrected chi connectivity index (χ3v) is 4.13. The Bertz CT molecular complexity index is 378. The second kappa shape index (κ2) is 5.11. The van der Waals surface area contributed by atoms with E-state index in [0.29, 0.717) is 5.92 Å². The van der Waals surface area contributed by atoms with E-state index in [1.165, 1.54) is 25.0 Å². The van der Waals surface area contributed by atoms with Crippen LogP contribution in [0.5, 0.6) is 0 Å². The van der Waals surface area contributed by atoms with E-state index in [9.17, 15) is 0 Å². The van der Waals surface area contributed by atoms with Gasteiger partial charge in [-0.15, -0.1) is 0 Å². The third kappa shape index (κ3) is 2.43. The van der Waals surface area contributed by atoms with Crippen LogP contribution in [0.15, 0.2) is 10.7 Å². The molecular formula is C13H22BrN3. The van der Waals surface area contributed by atoms with E-state index < -0.39 is 0 Å². The van der Waals surface area contributed by atoms with Crippen LogP contribution in [0.25, 0.3) is 0 Å². The Morgan fingerprint density at radius 1 is 1.59 bits per heavy atom. The van der Waals surface area contributed by atoms with Gasteiger partial charge in [0.1, 0.15) is 0 Å². The van der Waals surface area contributed by atoms with Gasteiger partial charge in [0.05, 0.1) is 21.9 Å². The van der Waals surface area contributed by atoms with E-state index in [1.807, 2.05) is 6.20 Å². The highest BCUT2D eigenvalue weighted by atomic mass is 79.9. The number of nitrogens with one attached hydrogen (secondary N) is 1. The molecule has 17 heavy (non-hydrogen) atoms. The molecule has 0 spiro atoms. The van der Waals surface area contributed by atoms with E-state index in [-0.39, 0.29) is 5.54 Å². The van der Waals surface area contributed by atoms with Crippen LogP contribution in [0, 0.1) is 5.92 Å². The minimum Gasteiger partial charge on any atom is -0.306 e. The predicted molar refractivity (Wildman–Crippen MR) is 74.0 cm³/mol. The quantitative estimate of drug-likeness (QED) is 0.924. The van der Waals surface area contributed by atoms with Crippen LogP contribution in [0.1, 0.15) is 45.7 Å². The first-order chi connectivity index (χ1) is 8.09. The summed E-state index contributed by atoms with van der Waals surface area (Å²) < 4.78 is 3.28. The molecule has 3 nitrogen and oxygen atoms in total. The molecule has 0 aromatic carbocycles. The van der Waals surface area contributed by atoms with Crippen molar-refractivity contribution in [3.8, 4) is 0 Å². The van der Waals surface area contributed by atoms with Gasteiger partial charge in [0.15, 0.2) is 0 Å². The first-order valence-corrected chi connectivity index (χ1v) is 7.35. The molecule has 2 heterocycles. The fourth-order valence-electron chi connectivity index (χ4n) is 3.05. The molecule has 2 rings (SSSR count). The van der Waals surface area contributed by atoms with Crippen LogP contribution in [0.3, 0.4) is 0 Å². The first kappa shape index (κ1) is 13.1. The fourth-order valence-corrected chi connectivity index (χ4v) is 3.73. The maximum atomic E-state index is 4.46. The number of hydrogen-bond donors (Lipinski definition) is 1. The standard InChI is InChI=1S/C13H22BrN3/c1-4-17-12(11(14)9-16-17)13(8-10(2)3)6-5-7-15-13/h9-10,15H,4-8H2,1-3H3. The Balaban J connectivity index is 2.41. The summed E-state index contributed by atoms with van der Waals surface area (Å²) in [5.74, 6) is 0.688. The minimum absolute atomic E-state index is 0.125. The normalized spacial score (nSPS) is 24.8. The number of nitrogens with zero attached hydrogens (tertiary/aromatic N) is 2. The SMILES string of the molecule is CCn1ncc(Br)c1C1(CC(C)C)CCCN1. The van der Waals surface area contributed by atoms with Crippen molar-refractivity contribution in [2.75, 3.05) is 6.54 Å². The van der Waals surface area contributed by atoms with Crippen molar-refractivity contribution in [2.45, 2.75) is 52.1 Å². The lowest BCUT2D eigenvalue weighted by Crippen LogP contribution is -2.40. The molecule has 1 saturated heterocycles. The molecule has 0 radical (unpaired) electrons. The summed E-state index contributed by atoms with van der Waals surface area (Å²) in [6.07, 6.45) is 5.59. The number of aryl methyl sites for hydroxylation is 1. The van der Waals surface area contributed by atoms with Gasteiger partial charge in [-0.3, -0.25) is 4.68 Å². The summed E-state index contributed by atoms with van der Waals surface area (Å²) in [6, 6.07) is 0. The number of halogens is 1. The van der Waals surface area contributed by atoms with Crippen LogP contribution in [0.2, 0.25) is 0 Å².